The van der Waals surface area contributed by atoms with E-state index in [1.54, 1.807) is 0 Å². The maximum absolute atomic E-state index is 12.9. The third kappa shape index (κ3) is 63.6. The van der Waals surface area contributed by atoms with Gasteiger partial charge in [-0.1, -0.05) is 220 Å². The van der Waals surface area contributed by atoms with Crippen LogP contribution in [0, 0.1) is 0 Å². The maximum Gasteiger partial charge on any atom is 0.472 e. The van der Waals surface area contributed by atoms with E-state index in [0.717, 1.165) is 154 Å². The molecular weight excluding hydrogens is 1150 g/mol. The number of hydrogen-bond donors (Lipinski definition) is 4. The summed E-state index contributed by atoms with van der Waals surface area (Å²) in [6, 6.07) is 0. The van der Waals surface area contributed by atoms with Crippen LogP contribution in [0.4, 0.5) is 0 Å². The van der Waals surface area contributed by atoms with Gasteiger partial charge in [-0.15, -0.1) is 0 Å². The lowest BCUT2D eigenvalue weighted by Crippen LogP contribution is -2.30. The summed E-state index contributed by atoms with van der Waals surface area (Å²) in [4.78, 5) is 58.3. The van der Waals surface area contributed by atoms with Crippen molar-refractivity contribution in [3.8, 4) is 0 Å². The Hall–Kier alpha value is -3.79. The van der Waals surface area contributed by atoms with Crippen molar-refractivity contribution >= 4 is 33.6 Å². The molecular formula is C69H118O16P2. The number of aliphatic hydroxyl groups excluding tert-OH is 2. The summed E-state index contributed by atoms with van der Waals surface area (Å²) < 4.78 is 60.8. The number of rotatable bonds is 62. The Balaban J connectivity index is 4.72. The Morgan fingerprint density at radius 2 is 0.609 bits per heavy atom. The highest BCUT2D eigenvalue weighted by atomic mass is 31.2. The molecule has 0 saturated carbocycles. The van der Waals surface area contributed by atoms with Gasteiger partial charge in [0.25, 0.3) is 0 Å². The Bertz CT molecular complexity index is 2030. The summed E-state index contributed by atoms with van der Waals surface area (Å²) in [6.07, 6.45) is 68.5. The predicted molar refractivity (Wildman–Crippen MR) is 353 cm³/mol. The van der Waals surface area contributed by atoms with Crippen LogP contribution in [-0.4, -0.2) is 95.9 Å². The number of hydrogen-bond acceptors (Lipinski definition) is 14. The molecule has 0 rings (SSSR count). The minimum absolute atomic E-state index is 0.0870. The van der Waals surface area contributed by atoms with Gasteiger partial charge in [-0.2, -0.15) is 0 Å². The molecule has 0 radical (unpaired) electrons. The largest absolute Gasteiger partial charge is 0.472 e. The average molecular weight is 1270 g/mol. The molecule has 0 saturated heterocycles. The van der Waals surface area contributed by atoms with E-state index < -0.39 is 91.5 Å². The minimum atomic E-state index is -4.93. The number of phosphoric acid groups is 2. The highest BCUT2D eigenvalue weighted by Gasteiger charge is 2.29. The predicted octanol–water partition coefficient (Wildman–Crippen LogP) is 18.1. The molecule has 0 aromatic heterocycles. The summed E-state index contributed by atoms with van der Waals surface area (Å²) in [5.74, 6) is -1.63. The molecule has 16 nitrogen and oxygen atoms in total. The fourth-order valence-electron chi connectivity index (χ4n) is 8.43. The van der Waals surface area contributed by atoms with Crippen molar-refractivity contribution in [1.82, 2.24) is 0 Å². The number of unbranched alkanes of at least 4 members (excludes halogenated alkanes) is 21. The topological polar surface area (TPSA) is 231 Å². The first kappa shape index (κ1) is 83.2. The lowest BCUT2D eigenvalue weighted by molar-refractivity contribution is -0.161. The van der Waals surface area contributed by atoms with E-state index >= 15 is 0 Å². The molecule has 4 N–H and O–H groups in total. The zero-order valence-corrected chi connectivity index (χ0v) is 55.7. The molecule has 0 spiro atoms. The quantitative estimate of drug-likeness (QED) is 0.0146. The zero-order chi connectivity index (χ0) is 63.8. The second-order valence-electron chi connectivity index (χ2n) is 21.9. The molecule has 0 heterocycles. The van der Waals surface area contributed by atoms with E-state index in [4.69, 9.17) is 32.3 Å². The summed E-state index contributed by atoms with van der Waals surface area (Å²) in [5, 5.41) is 20.5. The van der Waals surface area contributed by atoms with Crippen LogP contribution in [0.3, 0.4) is 0 Å². The Morgan fingerprint density at radius 1 is 0.333 bits per heavy atom. The summed E-state index contributed by atoms with van der Waals surface area (Å²) in [5.41, 5.74) is 0. The van der Waals surface area contributed by atoms with Gasteiger partial charge in [-0.3, -0.25) is 32.5 Å². The summed E-state index contributed by atoms with van der Waals surface area (Å²) in [6.45, 7) is 2.37. The zero-order valence-electron chi connectivity index (χ0n) is 53.9. The van der Waals surface area contributed by atoms with Gasteiger partial charge in [0.15, 0.2) is 6.10 Å². The monoisotopic (exact) mass is 1260 g/mol. The van der Waals surface area contributed by atoms with Crippen molar-refractivity contribution in [1.29, 1.82) is 0 Å². The van der Waals surface area contributed by atoms with E-state index in [1.165, 1.54) is 38.5 Å². The number of carbonyl (C=O) groups excluding carboxylic acids is 3. The second-order valence-corrected chi connectivity index (χ2v) is 24.8. The van der Waals surface area contributed by atoms with Gasteiger partial charge in [0, 0.05) is 19.3 Å². The van der Waals surface area contributed by atoms with E-state index in [9.17, 15) is 43.5 Å². The standard InChI is InChI=1S/C69H118O16P2/c1-4-7-10-13-16-19-22-25-28-30-31-33-36-37-40-43-46-49-52-55-67(72)79-58-64(70)59-81-86(75,76)82-60-65(71)61-83-87(77,78)84-63-66(85-69(74)57-54-51-48-45-42-39-34-27-24-21-18-15-12-9-6-3)62-80-68(73)56-53-50-47-44-41-38-35-32-29-26-23-20-17-14-11-8-5-2/h7-8,10-11,16-17,19-20,25-29,31,33-35,38,64-66,70-71H,4-6,9,12-15,18,21-24,30,32,36-37,39-63H2,1-3H3,(H,75,76)(H,77,78)/b10-7-,11-8-,19-16-,20-17-,28-25-,29-26-,33-31-,34-27-,38-35-. The highest BCUT2D eigenvalue weighted by Crippen LogP contribution is 2.45. The smallest absolute Gasteiger partial charge is 0.463 e. The van der Waals surface area contributed by atoms with E-state index in [-0.39, 0.29) is 19.3 Å². The Morgan fingerprint density at radius 3 is 0.977 bits per heavy atom. The van der Waals surface area contributed by atoms with E-state index in [2.05, 4.69) is 130 Å². The van der Waals surface area contributed by atoms with Crippen LogP contribution in [0.5, 0.6) is 0 Å². The minimum Gasteiger partial charge on any atom is -0.463 e. The molecule has 0 amide bonds. The van der Waals surface area contributed by atoms with Gasteiger partial charge in [0.1, 0.15) is 25.4 Å². The van der Waals surface area contributed by atoms with Crippen LogP contribution in [0.15, 0.2) is 109 Å². The first-order valence-corrected chi connectivity index (χ1v) is 36.2. The van der Waals surface area contributed by atoms with E-state index in [1.807, 2.05) is 0 Å². The van der Waals surface area contributed by atoms with Gasteiger partial charge in [0.2, 0.25) is 0 Å². The number of esters is 3. The number of phosphoric ester groups is 2. The van der Waals surface area contributed by atoms with Gasteiger partial charge in [0.05, 0.1) is 26.4 Å². The molecule has 0 aromatic carbocycles. The van der Waals surface area contributed by atoms with Crippen molar-refractivity contribution in [3.05, 3.63) is 109 Å². The molecule has 5 unspecified atom stereocenters. The Kier molecular flexibility index (Phi) is 59.7. The fraction of sp³-hybridized carbons (Fsp3) is 0.696. The summed E-state index contributed by atoms with van der Waals surface area (Å²) in [7, 11) is -9.79. The SMILES string of the molecule is CC/C=C\C/C=C\C/C=C\C/C=C\CCCCCCCCC(=O)OCC(O)COP(=O)(O)OCC(O)COP(=O)(O)OCC(COC(=O)CCCCCC/C=C\C/C=C\C/C=C\C/C=C\CC)OC(=O)CCCCCCC/C=C\CCCCCCCC. The first-order chi connectivity index (χ1) is 42.2. The van der Waals surface area contributed by atoms with Gasteiger partial charge < -0.3 is 34.2 Å². The molecule has 0 aliphatic carbocycles. The lowest BCUT2D eigenvalue weighted by Gasteiger charge is -2.21. The highest BCUT2D eigenvalue weighted by molar-refractivity contribution is 7.47. The van der Waals surface area contributed by atoms with Crippen molar-refractivity contribution < 1.29 is 75.8 Å². The first-order valence-electron chi connectivity index (χ1n) is 33.2. The summed E-state index contributed by atoms with van der Waals surface area (Å²) >= 11 is 0. The van der Waals surface area contributed by atoms with Crippen molar-refractivity contribution in [3.63, 3.8) is 0 Å². The van der Waals surface area contributed by atoms with Crippen LogP contribution in [0.2, 0.25) is 0 Å². The molecule has 5 atom stereocenters. The van der Waals surface area contributed by atoms with Crippen molar-refractivity contribution in [2.24, 2.45) is 0 Å². The number of ether oxygens (including phenoxy) is 3. The van der Waals surface area contributed by atoms with Crippen LogP contribution in [0.25, 0.3) is 0 Å². The molecule has 0 fully saturated rings. The van der Waals surface area contributed by atoms with Gasteiger partial charge in [-0.25, -0.2) is 9.13 Å². The van der Waals surface area contributed by atoms with Crippen molar-refractivity contribution in [2.45, 2.75) is 270 Å². The van der Waals surface area contributed by atoms with E-state index in [0.29, 0.717) is 19.3 Å². The molecule has 0 aliphatic heterocycles. The second kappa shape index (κ2) is 62.4. The number of allylic oxidation sites excluding steroid dienone is 18. The van der Waals surface area contributed by atoms with Gasteiger partial charge in [-0.05, 0) is 122 Å². The average Bonchev–Trinajstić information content (AvgIpc) is 3.68. The van der Waals surface area contributed by atoms with Crippen LogP contribution >= 0.6 is 15.6 Å². The molecule has 500 valence electrons. The third-order valence-electron chi connectivity index (χ3n) is 13.5. The Labute approximate surface area is 526 Å². The number of carbonyl (C=O) groups is 3. The van der Waals surface area contributed by atoms with Crippen molar-refractivity contribution in [2.75, 3.05) is 39.6 Å². The normalized spacial score (nSPS) is 15.0. The van der Waals surface area contributed by atoms with Crippen LogP contribution in [0.1, 0.15) is 252 Å². The van der Waals surface area contributed by atoms with Crippen LogP contribution < -0.4 is 0 Å². The molecule has 18 heteroatoms. The molecule has 0 aliphatic rings. The fourth-order valence-corrected chi connectivity index (χ4v) is 10.0. The molecule has 87 heavy (non-hydrogen) atoms. The lowest BCUT2D eigenvalue weighted by atomic mass is 10.1. The molecule has 0 bridgehead atoms. The maximum atomic E-state index is 12.9. The third-order valence-corrected chi connectivity index (χ3v) is 15.4. The van der Waals surface area contributed by atoms with Gasteiger partial charge >= 0.3 is 33.6 Å². The molecule has 0 aromatic rings. The van der Waals surface area contributed by atoms with Crippen LogP contribution in [-0.2, 0) is 55.8 Å². The number of aliphatic hydroxyl groups is 2.